The summed E-state index contributed by atoms with van der Waals surface area (Å²) in [6.45, 7) is 1.79. The highest BCUT2D eigenvalue weighted by Gasteiger charge is 2.53. The van der Waals surface area contributed by atoms with Gasteiger partial charge in [0.15, 0.2) is 5.54 Å². The van der Waals surface area contributed by atoms with Gasteiger partial charge in [-0.15, -0.1) is 0 Å². The second-order valence-electron chi connectivity index (χ2n) is 6.54. The molecule has 0 aliphatic heterocycles. The van der Waals surface area contributed by atoms with E-state index in [9.17, 15) is 33.2 Å². The van der Waals surface area contributed by atoms with Gasteiger partial charge >= 0.3 is 12.1 Å². The first-order valence-corrected chi connectivity index (χ1v) is 10.5. The summed E-state index contributed by atoms with van der Waals surface area (Å²) in [5.41, 5.74) is -2.38. The molecule has 29 heavy (non-hydrogen) atoms. The summed E-state index contributed by atoms with van der Waals surface area (Å²) in [6.07, 6.45) is 3.04. The van der Waals surface area contributed by atoms with E-state index in [4.69, 9.17) is 4.74 Å². The van der Waals surface area contributed by atoms with Crippen LogP contribution in [0.25, 0.3) is 0 Å². The van der Waals surface area contributed by atoms with E-state index >= 15 is 0 Å². The van der Waals surface area contributed by atoms with Crippen LogP contribution in [0.5, 0.6) is 0 Å². The molecular formula is C18H22N2O8S. The molecule has 1 atom stereocenters. The number of carbonyl (C=O) groups excluding carboxylic acids is 1. The number of ether oxygens (including phenoxy) is 1. The van der Waals surface area contributed by atoms with Crippen molar-refractivity contribution in [3.8, 4) is 0 Å². The third kappa shape index (κ3) is 4.56. The number of carbonyl (C=O) groups is 2. The highest BCUT2D eigenvalue weighted by molar-refractivity contribution is 7.89. The number of hydrogen-bond donors (Lipinski definition) is 1. The van der Waals surface area contributed by atoms with Crippen molar-refractivity contribution >= 4 is 27.8 Å². The van der Waals surface area contributed by atoms with E-state index in [-0.39, 0.29) is 35.9 Å². The number of non-ortho nitro benzene ring substituents is 1. The minimum atomic E-state index is -4.66. The van der Waals surface area contributed by atoms with Gasteiger partial charge in [0.05, 0.1) is 16.4 Å². The first kappa shape index (κ1) is 22.3. The number of aliphatic carboxylic acids is 1. The number of nitro benzene ring substituents is 1. The molecule has 0 heterocycles. The van der Waals surface area contributed by atoms with E-state index in [0.717, 1.165) is 24.3 Å². The minimum Gasteiger partial charge on any atom is -0.479 e. The minimum absolute atomic E-state index is 0.0623. The number of benzene rings is 1. The SMILES string of the molecule is CCCCOC(=O)N(C1(C(=O)O)CC=CCC1)S(=O)(=O)c1ccc([N+](=O)[O-])cc1. The summed E-state index contributed by atoms with van der Waals surface area (Å²) in [7, 11) is -4.66. The zero-order chi connectivity index (χ0) is 21.7. The number of sulfonamides is 1. The number of carboxylic acid groups (broad SMARTS) is 1. The lowest BCUT2D eigenvalue weighted by Gasteiger charge is -2.39. The average Bonchev–Trinajstić information content (AvgIpc) is 2.68. The van der Waals surface area contributed by atoms with Gasteiger partial charge in [0.1, 0.15) is 0 Å². The highest BCUT2D eigenvalue weighted by Crippen LogP contribution is 2.36. The van der Waals surface area contributed by atoms with Gasteiger partial charge < -0.3 is 9.84 Å². The molecular weight excluding hydrogens is 404 g/mol. The van der Waals surface area contributed by atoms with Crippen molar-refractivity contribution in [1.82, 2.24) is 4.31 Å². The fourth-order valence-electron chi connectivity index (χ4n) is 3.00. The van der Waals surface area contributed by atoms with Gasteiger partial charge in [-0.1, -0.05) is 25.5 Å². The smallest absolute Gasteiger partial charge is 0.424 e. The Morgan fingerprint density at radius 2 is 1.93 bits per heavy atom. The molecule has 1 aliphatic carbocycles. The summed E-state index contributed by atoms with van der Waals surface area (Å²) < 4.78 is 31.9. The molecule has 2 rings (SSSR count). The molecule has 1 amide bonds. The molecule has 1 aliphatic rings. The van der Waals surface area contributed by atoms with Crippen molar-refractivity contribution < 1.29 is 32.8 Å². The first-order chi connectivity index (χ1) is 13.7. The van der Waals surface area contributed by atoms with Gasteiger partial charge in [0, 0.05) is 18.6 Å². The monoisotopic (exact) mass is 426 g/mol. The summed E-state index contributed by atoms with van der Waals surface area (Å²) in [5.74, 6) is -1.47. The van der Waals surface area contributed by atoms with E-state index in [1.165, 1.54) is 6.08 Å². The maximum absolute atomic E-state index is 13.3. The number of hydrogen-bond acceptors (Lipinski definition) is 7. The lowest BCUT2D eigenvalue weighted by Crippen LogP contribution is -2.59. The number of allylic oxidation sites excluding steroid dienone is 1. The zero-order valence-electron chi connectivity index (χ0n) is 15.8. The van der Waals surface area contributed by atoms with Crippen LogP contribution in [0.4, 0.5) is 10.5 Å². The Bertz CT molecular complexity index is 910. The molecule has 0 bridgehead atoms. The Kier molecular flexibility index (Phi) is 6.96. The third-order valence-corrected chi connectivity index (χ3v) is 6.46. The fourth-order valence-corrected chi connectivity index (χ4v) is 4.64. The van der Waals surface area contributed by atoms with Gasteiger partial charge in [0.25, 0.3) is 15.7 Å². The number of nitro groups is 1. The molecule has 0 saturated heterocycles. The Morgan fingerprint density at radius 1 is 1.28 bits per heavy atom. The summed E-state index contributed by atoms with van der Waals surface area (Å²) in [5, 5.41) is 20.7. The van der Waals surface area contributed by atoms with E-state index < -0.39 is 37.4 Å². The highest BCUT2D eigenvalue weighted by atomic mass is 32.2. The van der Waals surface area contributed by atoms with E-state index in [0.29, 0.717) is 12.8 Å². The van der Waals surface area contributed by atoms with Crippen molar-refractivity contribution in [2.24, 2.45) is 0 Å². The lowest BCUT2D eigenvalue weighted by atomic mass is 9.86. The number of carboxylic acids is 1. The molecule has 1 unspecified atom stereocenters. The van der Waals surface area contributed by atoms with Crippen molar-refractivity contribution in [3.05, 3.63) is 46.5 Å². The number of rotatable bonds is 8. The number of unbranched alkanes of at least 4 members (excludes halogenated alkanes) is 1. The van der Waals surface area contributed by atoms with Gasteiger partial charge in [-0.25, -0.2) is 18.0 Å². The van der Waals surface area contributed by atoms with Crippen LogP contribution >= 0.6 is 0 Å². The molecule has 10 nitrogen and oxygen atoms in total. The van der Waals surface area contributed by atoms with Crippen molar-refractivity contribution in [2.75, 3.05) is 6.61 Å². The topological polar surface area (TPSA) is 144 Å². The van der Waals surface area contributed by atoms with Crippen molar-refractivity contribution in [2.45, 2.75) is 49.5 Å². The first-order valence-electron chi connectivity index (χ1n) is 9.02. The Morgan fingerprint density at radius 3 is 2.41 bits per heavy atom. The van der Waals surface area contributed by atoms with Crippen LogP contribution < -0.4 is 0 Å². The fraction of sp³-hybridized carbons (Fsp3) is 0.444. The molecule has 158 valence electrons. The summed E-state index contributed by atoms with van der Waals surface area (Å²) in [6, 6.07) is 3.88. The van der Waals surface area contributed by atoms with E-state index in [1.54, 1.807) is 6.08 Å². The Balaban J connectivity index is 2.55. The predicted octanol–water partition coefficient (Wildman–Crippen LogP) is 3.09. The average molecular weight is 426 g/mol. The molecule has 0 radical (unpaired) electrons. The van der Waals surface area contributed by atoms with Gasteiger partial charge in [-0.3, -0.25) is 10.1 Å². The molecule has 1 aromatic rings. The molecule has 0 fully saturated rings. The molecule has 0 spiro atoms. The quantitative estimate of drug-likeness (QED) is 0.289. The van der Waals surface area contributed by atoms with Gasteiger partial charge in [-0.2, -0.15) is 4.31 Å². The van der Waals surface area contributed by atoms with E-state index in [2.05, 4.69) is 0 Å². The summed E-state index contributed by atoms with van der Waals surface area (Å²) in [4.78, 5) is 34.6. The largest absolute Gasteiger partial charge is 0.479 e. The molecule has 1 aromatic carbocycles. The van der Waals surface area contributed by atoms with Crippen molar-refractivity contribution in [1.29, 1.82) is 0 Å². The molecule has 0 aromatic heterocycles. The van der Waals surface area contributed by atoms with Gasteiger partial charge in [0.2, 0.25) is 0 Å². The maximum Gasteiger partial charge on any atom is 0.424 e. The molecule has 11 heteroatoms. The molecule has 0 saturated carbocycles. The molecule has 1 N–H and O–H groups in total. The van der Waals surface area contributed by atoms with Crippen LogP contribution in [0.1, 0.15) is 39.0 Å². The maximum atomic E-state index is 13.3. The van der Waals surface area contributed by atoms with Crippen LogP contribution in [-0.4, -0.2) is 47.0 Å². The standard InChI is InChI=1S/C18H22N2O8S/c1-2-3-13-28-17(23)19(18(16(21)22)11-5-4-6-12-18)29(26,27)15-9-7-14(8-10-15)20(24)25/h4-5,7-10H,2-3,6,11-13H2,1H3,(H,21,22). The van der Waals surface area contributed by atoms with E-state index in [1.807, 2.05) is 6.92 Å². The van der Waals surface area contributed by atoms with Crippen LogP contribution in [0.15, 0.2) is 41.3 Å². The van der Waals surface area contributed by atoms with Crippen LogP contribution in [-0.2, 0) is 19.6 Å². The number of amides is 1. The normalized spacial score (nSPS) is 18.8. The summed E-state index contributed by atoms with van der Waals surface area (Å²) >= 11 is 0. The van der Waals surface area contributed by atoms with Crippen LogP contribution in [0.3, 0.4) is 0 Å². The number of nitrogens with zero attached hydrogens (tertiary/aromatic N) is 2. The van der Waals surface area contributed by atoms with Crippen LogP contribution in [0, 0.1) is 10.1 Å². The Hall–Kier alpha value is -2.95. The second kappa shape index (κ2) is 9.03. The zero-order valence-corrected chi connectivity index (χ0v) is 16.6. The van der Waals surface area contributed by atoms with Gasteiger partial charge in [-0.05, 0) is 31.4 Å². The third-order valence-electron chi connectivity index (χ3n) is 4.61. The lowest BCUT2D eigenvalue weighted by molar-refractivity contribution is -0.384. The van der Waals surface area contributed by atoms with Crippen LogP contribution in [0.2, 0.25) is 0 Å². The Labute approximate surface area is 168 Å². The predicted molar refractivity (Wildman–Crippen MR) is 102 cm³/mol. The second-order valence-corrected chi connectivity index (χ2v) is 8.33. The van der Waals surface area contributed by atoms with Crippen molar-refractivity contribution in [3.63, 3.8) is 0 Å².